The quantitative estimate of drug-likeness (QED) is 0.0484. The van der Waals surface area contributed by atoms with Crippen LogP contribution in [0, 0.1) is 22.7 Å². The fourth-order valence-corrected chi connectivity index (χ4v) is 12.2. The van der Waals surface area contributed by atoms with Crippen LogP contribution < -0.4 is 0 Å². The van der Waals surface area contributed by atoms with Crippen LogP contribution in [0.3, 0.4) is 0 Å². The van der Waals surface area contributed by atoms with E-state index < -0.39 is 81.5 Å². The van der Waals surface area contributed by atoms with Gasteiger partial charge in [-0.15, -0.1) is 0 Å². The molecule has 2 atom stereocenters. The van der Waals surface area contributed by atoms with E-state index in [0.717, 1.165) is 38.5 Å². The molecule has 2 heterocycles. The minimum Gasteiger partial charge on any atom is -0.481 e. The highest BCUT2D eigenvalue weighted by Crippen LogP contribution is 2.64. The first-order valence-electron chi connectivity index (χ1n) is 26.2. The van der Waals surface area contributed by atoms with Crippen LogP contribution in [0.25, 0.3) is 0 Å². The second kappa shape index (κ2) is 27.0. The zero-order chi connectivity index (χ0) is 48.2. The number of esters is 2. The van der Waals surface area contributed by atoms with Crippen molar-refractivity contribution in [2.24, 2.45) is 22.7 Å². The molecule has 0 bridgehead atoms. The van der Waals surface area contributed by atoms with Gasteiger partial charge in [-0.1, -0.05) is 142 Å². The number of hydrogen-bond donors (Lipinski definition) is 2. The number of carboxylic acids is 2. The molecule has 2 fully saturated rings. The highest BCUT2D eigenvalue weighted by molar-refractivity contribution is 5.94. The molecular weight excluding hydrogens is 805 g/mol. The third-order valence-corrected chi connectivity index (χ3v) is 16.4. The lowest BCUT2D eigenvalue weighted by Gasteiger charge is -2.63. The van der Waals surface area contributed by atoms with Gasteiger partial charge >= 0.3 is 23.9 Å². The van der Waals surface area contributed by atoms with Crippen molar-refractivity contribution in [2.75, 3.05) is 27.3 Å². The molecule has 0 aromatic heterocycles. The van der Waals surface area contributed by atoms with Gasteiger partial charge in [0.2, 0.25) is 0 Å². The Balaban J connectivity index is 2.59. The zero-order valence-electron chi connectivity index (χ0n) is 43.6. The first kappa shape index (κ1) is 57.9. The van der Waals surface area contributed by atoms with Crippen molar-refractivity contribution < 1.29 is 38.9 Å². The van der Waals surface area contributed by atoms with E-state index in [1.807, 2.05) is 14.1 Å². The first-order chi connectivity index (χ1) is 30.0. The summed E-state index contributed by atoms with van der Waals surface area (Å²) in [4.78, 5) is 63.0. The van der Waals surface area contributed by atoms with Gasteiger partial charge in [0.05, 0.1) is 36.9 Å². The van der Waals surface area contributed by atoms with Crippen molar-refractivity contribution in [3.8, 4) is 0 Å². The predicted molar refractivity (Wildman–Crippen MR) is 262 cm³/mol. The SMILES string of the molecule is CCCCCCCCCCCCCOC(=O)CC(C(=O)OCCCCCCCCCCCCC)(C1CC(C)(C)N(C)C(C)(C)C1)C(CC(=O)O)(C(=O)O)C1CC(C)(C)N(C)C(C)(C)C1. The van der Waals surface area contributed by atoms with Crippen molar-refractivity contribution in [3.05, 3.63) is 0 Å². The maximum atomic E-state index is 15.7. The molecular formula is C54H100N2O8. The Morgan fingerprint density at radius 1 is 0.469 bits per heavy atom. The summed E-state index contributed by atoms with van der Waals surface area (Å²) in [6, 6.07) is 0. The summed E-state index contributed by atoms with van der Waals surface area (Å²) < 4.78 is 12.4. The zero-order valence-corrected chi connectivity index (χ0v) is 43.6. The molecule has 2 N–H and O–H groups in total. The third kappa shape index (κ3) is 16.2. The van der Waals surface area contributed by atoms with Crippen LogP contribution in [0.15, 0.2) is 0 Å². The minimum atomic E-state index is -2.19. The molecule has 2 aliphatic heterocycles. The number of likely N-dealkylation sites (tertiary alicyclic amines) is 2. The van der Waals surface area contributed by atoms with E-state index in [4.69, 9.17) is 9.47 Å². The molecule has 0 radical (unpaired) electrons. The number of nitrogens with zero attached hydrogens (tertiary/aromatic N) is 2. The Kier molecular flexibility index (Phi) is 24.4. The highest BCUT2D eigenvalue weighted by atomic mass is 16.5. The standard InChI is InChI=1S/C54H100N2O8/c1-13-15-17-19-21-23-25-27-29-31-33-35-63-46(59)42-54(44-39-51(7,8)56(12)52(9,10)40-44,48(62)64-36-34-32-30-28-26-24-22-20-18-16-14-2)53(47(60)61,41-45(57)58)43-37-49(3,4)55(11)50(5,6)38-43/h43-44H,13-42H2,1-12H3,(H,57,58)(H,60,61). The average molecular weight is 905 g/mol. The van der Waals surface area contributed by atoms with E-state index in [1.165, 1.54) is 89.9 Å². The number of aliphatic carboxylic acids is 2. The summed E-state index contributed by atoms with van der Waals surface area (Å²) in [5.74, 6) is -5.55. The van der Waals surface area contributed by atoms with Gasteiger partial charge in [0.1, 0.15) is 0 Å². The van der Waals surface area contributed by atoms with E-state index in [9.17, 15) is 24.6 Å². The van der Waals surface area contributed by atoms with Crippen LogP contribution in [-0.4, -0.2) is 93.4 Å². The summed E-state index contributed by atoms with van der Waals surface area (Å²) >= 11 is 0. The molecule has 10 heteroatoms. The summed E-state index contributed by atoms with van der Waals surface area (Å²) in [6.07, 6.45) is 25.1. The van der Waals surface area contributed by atoms with E-state index >= 15 is 4.79 Å². The molecule has 0 saturated carbocycles. The molecule has 2 unspecified atom stereocenters. The van der Waals surface area contributed by atoms with Crippen molar-refractivity contribution in [1.29, 1.82) is 0 Å². The minimum absolute atomic E-state index is 0.0813. The molecule has 0 amide bonds. The van der Waals surface area contributed by atoms with Gasteiger partial charge < -0.3 is 19.7 Å². The van der Waals surface area contributed by atoms with Gasteiger partial charge in [-0.05, 0) is 120 Å². The van der Waals surface area contributed by atoms with Crippen molar-refractivity contribution in [1.82, 2.24) is 9.80 Å². The van der Waals surface area contributed by atoms with Crippen molar-refractivity contribution in [3.63, 3.8) is 0 Å². The number of rotatable bonds is 33. The third-order valence-electron chi connectivity index (χ3n) is 16.4. The number of carboxylic acid groups (broad SMARTS) is 2. The number of unbranched alkanes of at least 4 members (excludes halogenated alkanes) is 20. The Hall–Kier alpha value is -2.20. The topological polar surface area (TPSA) is 134 Å². The Bertz CT molecular complexity index is 1370. The van der Waals surface area contributed by atoms with Gasteiger partial charge in [0.25, 0.3) is 0 Å². The lowest BCUT2D eigenvalue weighted by Crippen LogP contribution is -2.70. The normalized spacial score (nSPS) is 20.9. The van der Waals surface area contributed by atoms with Gasteiger partial charge in [0.15, 0.2) is 0 Å². The largest absolute Gasteiger partial charge is 0.481 e. The predicted octanol–water partition coefficient (Wildman–Crippen LogP) is 13.4. The van der Waals surface area contributed by atoms with E-state index in [2.05, 4.69) is 79.0 Å². The van der Waals surface area contributed by atoms with E-state index in [1.54, 1.807) is 0 Å². The number of piperidine rings is 2. The van der Waals surface area contributed by atoms with Gasteiger partial charge in [-0.25, -0.2) is 0 Å². The Morgan fingerprint density at radius 3 is 1.08 bits per heavy atom. The van der Waals surface area contributed by atoms with E-state index in [0.29, 0.717) is 38.5 Å². The van der Waals surface area contributed by atoms with Crippen LogP contribution in [0.1, 0.15) is 249 Å². The molecule has 2 rings (SSSR count). The highest BCUT2D eigenvalue weighted by Gasteiger charge is 2.72. The maximum absolute atomic E-state index is 15.7. The number of carbonyl (C=O) groups is 4. The van der Waals surface area contributed by atoms with Crippen LogP contribution in [0.5, 0.6) is 0 Å². The summed E-state index contributed by atoms with van der Waals surface area (Å²) in [6.45, 7) is 21.3. The van der Waals surface area contributed by atoms with Gasteiger partial charge in [-0.2, -0.15) is 0 Å². The average Bonchev–Trinajstić information content (AvgIpc) is 3.20. The van der Waals surface area contributed by atoms with Crippen molar-refractivity contribution in [2.45, 2.75) is 271 Å². The molecule has 64 heavy (non-hydrogen) atoms. The number of carbonyl (C=O) groups excluding carboxylic acids is 2. The molecule has 0 aromatic rings. The molecule has 0 aromatic carbocycles. The fourth-order valence-electron chi connectivity index (χ4n) is 12.2. The monoisotopic (exact) mass is 905 g/mol. The molecule has 2 saturated heterocycles. The lowest BCUT2D eigenvalue weighted by atomic mass is 9.44. The molecule has 0 spiro atoms. The van der Waals surface area contributed by atoms with Crippen LogP contribution in [0.2, 0.25) is 0 Å². The molecule has 374 valence electrons. The lowest BCUT2D eigenvalue weighted by molar-refractivity contribution is -0.216. The van der Waals surface area contributed by atoms with E-state index in [-0.39, 0.29) is 13.2 Å². The molecule has 0 aliphatic carbocycles. The summed E-state index contributed by atoms with van der Waals surface area (Å²) in [5, 5.41) is 22.9. The Morgan fingerprint density at radius 2 is 0.766 bits per heavy atom. The van der Waals surface area contributed by atoms with Crippen molar-refractivity contribution >= 4 is 23.9 Å². The Labute approximate surface area is 392 Å². The molecule has 10 nitrogen and oxygen atoms in total. The molecule has 2 aliphatic rings. The number of ether oxygens (including phenoxy) is 2. The smallest absolute Gasteiger partial charge is 0.314 e. The fraction of sp³-hybridized carbons (Fsp3) is 0.926. The summed E-state index contributed by atoms with van der Waals surface area (Å²) in [7, 11) is 4.08. The van der Waals surface area contributed by atoms with Crippen LogP contribution >= 0.6 is 0 Å². The first-order valence-corrected chi connectivity index (χ1v) is 26.2. The maximum Gasteiger partial charge on any atom is 0.314 e. The van der Waals surface area contributed by atoms with Gasteiger partial charge in [0, 0.05) is 22.2 Å². The second-order valence-corrected chi connectivity index (χ2v) is 23.0. The van der Waals surface area contributed by atoms with Crippen LogP contribution in [0.4, 0.5) is 0 Å². The summed E-state index contributed by atoms with van der Waals surface area (Å²) in [5.41, 5.74) is -6.36. The van der Waals surface area contributed by atoms with Gasteiger partial charge in [-0.3, -0.25) is 29.0 Å². The second-order valence-electron chi connectivity index (χ2n) is 23.0. The van der Waals surface area contributed by atoms with Crippen LogP contribution in [-0.2, 0) is 28.7 Å². The number of hydrogen-bond acceptors (Lipinski definition) is 8.